The predicted molar refractivity (Wildman–Crippen MR) is 70.1 cm³/mol. The molecule has 0 radical (unpaired) electrons. The molecule has 1 aromatic carbocycles. The molecule has 0 aliphatic carbocycles. The van der Waals surface area contributed by atoms with Crippen LogP contribution < -0.4 is 5.32 Å². The first-order valence-electron chi connectivity index (χ1n) is 6.39. The molecule has 1 heteroatoms. The van der Waals surface area contributed by atoms with E-state index in [4.69, 9.17) is 0 Å². The fourth-order valence-corrected chi connectivity index (χ4v) is 2.84. The van der Waals surface area contributed by atoms with Gasteiger partial charge in [0.05, 0.1) is 0 Å². The van der Waals surface area contributed by atoms with Crippen molar-refractivity contribution in [2.24, 2.45) is 0 Å². The second-order valence-electron chi connectivity index (χ2n) is 5.37. The highest BCUT2D eigenvalue weighted by Gasteiger charge is 2.21. The van der Waals surface area contributed by atoms with Gasteiger partial charge in [0, 0.05) is 6.04 Å². The van der Waals surface area contributed by atoms with Gasteiger partial charge in [-0.2, -0.15) is 0 Å². The van der Waals surface area contributed by atoms with E-state index in [0.29, 0.717) is 6.04 Å². The van der Waals surface area contributed by atoms with E-state index in [1.54, 1.807) is 5.56 Å². The lowest BCUT2D eigenvalue weighted by molar-refractivity contribution is 0.380. The molecule has 0 bridgehead atoms. The van der Waals surface area contributed by atoms with Crippen LogP contribution >= 0.6 is 0 Å². The molecule has 16 heavy (non-hydrogen) atoms. The molecule has 1 aliphatic rings. The maximum Gasteiger partial charge on any atom is 0.00445 e. The number of aryl methyl sites for hydroxylation is 3. The molecule has 0 saturated carbocycles. The van der Waals surface area contributed by atoms with Gasteiger partial charge in [-0.15, -0.1) is 0 Å². The van der Waals surface area contributed by atoms with Crippen molar-refractivity contribution in [2.45, 2.75) is 52.5 Å². The Bertz CT molecular complexity index is 381. The summed E-state index contributed by atoms with van der Waals surface area (Å²) < 4.78 is 0. The van der Waals surface area contributed by atoms with Crippen molar-refractivity contribution in [1.82, 2.24) is 5.32 Å². The summed E-state index contributed by atoms with van der Waals surface area (Å²) in [6.07, 6.45) is 2.57. The lowest BCUT2D eigenvalue weighted by Gasteiger charge is -2.29. The van der Waals surface area contributed by atoms with Gasteiger partial charge in [0.15, 0.2) is 0 Å². The van der Waals surface area contributed by atoms with Crippen LogP contribution in [0.4, 0.5) is 0 Å². The average molecular weight is 217 g/mol. The minimum absolute atomic E-state index is 0.666. The van der Waals surface area contributed by atoms with Gasteiger partial charge in [-0.3, -0.25) is 0 Å². The molecule has 0 aromatic heterocycles. The summed E-state index contributed by atoms with van der Waals surface area (Å²) in [5.74, 6) is 0.760. The zero-order valence-corrected chi connectivity index (χ0v) is 10.9. The normalized spacial score (nSPS) is 25.8. The molecule has 1 saturated heterocycles. The van der Waals surface area contributed by atoms with E-state index < -0.39 is 0 Å². The molecule has 2 rings (SSSR count). The maximum atomic E-state index is 3.53. The summed E-state index contributed by atoms with van der Waals surface area (Å²) in [4.78, 5) is 0. The fourth-order valence-electron chi connectivity index (χ4n) is 2.84. The van der Waals surface area contributed by atoms with Gasteiger partial charge >= 0.3 is 0 Å². The molecule has 1 heterocycles. The number of hydrogen-bond acceptors (Lipinski definition) is 1. The molecule has 0 amide bonds. The minimum atomic E-state index is 0.666. The third-order valence-electron chi connectivity index (χ3n) is 3.95. The average Bonchev–Trinajstić information content (AvgIpc) is 2.23. The van der Waals surface area contributed by atoms with Crippen LogP contribution in [0.5, 0.6) is 0 Å². The third-order valence-corrected chi connectivity index (χ3v) is 3.95. The fraction of sp³-hybridized carbons (Fsp3) is 0.600. The molecule has 1 aliphatic heterocycles. The van der Waals surface area contributed by atoms with Gasteiger partial charge in [-0.1, -0.05) is 12.1 Å². The molecule has 1 nitrogen and oxygen atoms in total. The Morgan fingerprint density at radius 3 is 2.44 bits per heavy atom. The lowest BCUT2D eigenvalue weighted by atomic mass is 9.83. The smallest absolute Gasteiger partial charge is 0.00445 e. The lowest BCUT2D eigenvalue weighted by Crippen LogP contribution is -2.35. The molecule has 2 unspecified atom stereocenters. The van der Waals surface area contributed by atoms with Crippen LogP contribution in [0.1, 0.15) is 47.9 Å². The predicted octanol–water partition coefficient (Wildman–Crippen LogP) is 3.47. The Morgan fingerprint density at radius 1 is 1.06 bits per heavy atom. The van der Waals surface area contributed by atoms with Gasteiger partial charge in [-0.05, 0) is 75.3 Å². The summed E-state index contributed by atoms with van der Waals surface area (Å²) >= 11 is 0. The number of rotatable bonds is 1. The van der Waals surface area contributed by atoms with Crippen LogP contribution in [-0.4, -0.2) is 12.6 Å². The summed E-state index contributed by atoms with van der Waals surface area (Å²) in [6, 6.07) is 5.42. The first-order chi connectivity index (χ1) is 7.58. The SMILES string of the molecule is Cc1cc(C)c(C2CCNC(C)C2)cc1C. The molecule has 2 atom stereocenters. The molecular weight excluding hydrogens is 194 g/mol. The van der Waals surface area contributed by atoms with E-state index in [9.17, 15) is 0 Å². The Balaban J connectivity index is 2.29. The standard InChI is InChI=1S/C15H23N/c1-10-7-12(3)15(8-11(10)2)14-5-6-16-13(4)9-14/h7-8,13-14,16H,5-6,9H2,1-4H3. The van der Waals surface area contributed by atoms with Crippen molar-refractivity contribution in [3.8, 4) is 0 Å². The van der Waals surface area contributed by atoms with Crippen LogP contribution in [0.25, 0.3) is 0 Å². The quantitative estimate of drug-likeness (QED) is 0.759. The number of hydrogen-bond donors (Lipinski definition) is 1. The summed E-state index contributed by atoms with van der Waals surface area (Å²) in [7, 11) is 0. The van der Waals surface area contributed by atoms with Crippen molar-refractivity contribution in [3.63, 3.8) is 0 Å². The van der Waals surface area contributed by atoms with E-state index in [1.807, 2.05) is 0 Å². The van der Waals surface area contributed by atoms with Crippen molar-refractivity contribution in [1.29, 1.82) is 0 Å². The van der Waals surface area contributed by atoms with Crippen LogP contribution in [-0.2, 0) is 0 Å². The Hall–Kier alpha value is -0.820. The number of benzene rings is 1. The zero-order valence-electron chi connectivity index (χ0n) is 10.9. The second kappa shape index (κ2) is 4.58. The van der Waals surface area contributed by atoms with E-state index in [1.165, 1.54) is 29.5 Å². The minimum Gasteiger partial charge on any atom is -0.314 e. The van der Waals surface area contributed by atoms with Gasteiger partial charge < -0.3 is 5.32 Å². The molecule has 1 fully saturated rings. The van der Waals surface area contributed by atoms with Gasteiger partial charge in [-0.25, -0.2) is 0 Å². The maximum absolute atomic E-state index is 3.53. The molecular formula is C15H23N. The van der Waals surface area contributed by atoms with E-state index >= 15 is 0 Å². The molecule has 1 N–H and O–H groups in total. The van der Waals surface area contributed by atoms with Crippen LogP contribution in [0.2, 0.25) is 0 Å². The van der Waals surface area contributed by atoms with Gasteiger partial charge in [0.25, 0.3) is 0 Å². The van der Waals surface area contributed by atoms with Gasteiger partial charge in [0.1, 0.15) is 0 Å². The number of piperidine rings is 1. The highest BCUT2D eigenvalue weighted by Crippen LogP contribution is 2.31. The second-order valence-corrected chi connectivity index (χ2v) is 5.37. The number of nitrogens with one attached hydrogen (secondary N) is 1. The van der Waals surface area contributed by atoms with Crippen molar-refractivity contribution >= 4 is 0 Å². The van der Waals surface area contributed by atoms with Crippen LogP contribution in [0.15, 0.2) is 12.1 Å². The first kappa shape index (κ1) is 11.7. The highest BCUT2D eigenvalue weighted by molar-refractivity contribution is 5.38. The van der Waals surface area contributed by atoms with Crippen molar-refractivity contribution in [2.75, 3.05) is 6.54 Å². The van der Waals surface area contributed by atoms with Crippen LogP contribution in [0, 0.1) is 20.8 Å². The molecule has 1 aromatic rings. The van der Waals surface area contributed by atoms with Crippen molar-refractivity contribution < 1.29 is 0 Å². The van der Waals surface area contributed by atoms with Crippen LogP contribution in [0.3, 0.4) is 0 Å². The Kier molecular flexibility index (Phi) is 3.34. The van der Waals surface area contributed by atoms with E-state index in [2.05, 4.69) is 45.1 Å². The van der Waals surface area contributed by atoms with E-state index in [-0.39, 0.29) is 0 Å². The third kappa shape index (κ3) is 2.30. The largest absolute Gasteiger partial charge is 0.314 e. The Morgan fingerprint density at radius 2 is 1.75 bits per heavy atom. The first-order valence-corrected chi connectivity index (χ1v) is 6.39. The molecule has 0 spiro atoms. The topological polar surface area (TPSA) is 12.0 Å². The van der Waals surface area contributed by atoms with Gasteiger partial charge in [0.2, 0.25) is 0 Å². The summed E-state index contributed by atoms with van der Waals surface area (Å²) in [6.45, 7) is 10.1. The summed E-state index contributed by atoms with van der Waals surface area (Å²) in [5.41, 5.74) is 5.91. The highest BCUT2D eigenvalue weighted by atomic mass is 14.9. The van der Waals surface area contributed by atoms with Crippen molar-refractivity contribution in [3.05, 3.63) is 34.4 Å². The van der Waals surface area contributed by atoms with E-state index in [0.717, 1.165) is 12.5 Å². The zero-order chi connectivity index (χ0) is 11.7. The Labute approximate surface area is 99.3 Å². The monoisotopic (exact) mass is 217 g/mol. The summed E-state index contributed by atoms with van der Waals surface area (Å²) in [5, 5.41) is 3.53. The molecule has 88 valence electrons.